The van der Waals surface area contributed by atoms with Crippen LogP contribution in [0.4, 0.5) is 0 Å². The van der Waals surface area contributed by atoms with Crippen molar-refractivity contribution >= 4 is 16.9 Å². The van der Waals surface area contributed by atoms with Gasteiger partial charge in [0.1, 0.15) is 5.52 Å². The van der Waals surface area contributed by atoms with Gasteiger partial charge in [0.15, 0.2) is 0 Å². The zero-order valence-electron chi connectivity index (χ0n) is 11.9. The van der Waals surface area contributed by atoms with Crippen molar-refractivity contribution in [3.8, 4) is 0 Å². The minimum absolute atomic E-state index is 0.113. The molecule has 0 bridgehead atoms. The first-order chi connectivity index (χ1) is 10.2. The monoisotopic (exact) mass is 284 g/mol. The molecule has 0 aliphatic rings. The van der Waals surface area contributed by atoms with E-state index in [1.165, 1.54) is 0 Å². The number of H-pyrrole nitrogens is 1. The Morgan fingerprint density at radius 3 is 3.05 bits per heavy atom. The Balaban J connectivity index is 1.81. The number of hydrogen-bond acceptors (Lipinski definition) is 4. The number of aromatic amines is 1. The van der Waals surface area contributed by atoms with E-state index in [2.05, 4.69) is 25.8 Å². The zero-order valence-corrected chi connectivity index (χ0v) is 11.9. The van der Waals surface area contributed by atoms with Crippen LogP contribution in [-0.4, -0.2) is 31.1 Å². The number of aromatic nitrogens is 5. The maximum absolute atomic E-state index is 12.3. The molecule has 1 atom stereocenters. The number of carbonyl (C=O) groups excluding carboxylic acids is 1. The Hall–Kier alpha value is -2.70. The first kappa shape index (κ1) is 13.3. The average molecular weight is 284 g/mol. The summed E-state index contributed by atoms with van der Waals surface area (Å²) in [6.07, 6.45) is 3.46. The van der Waals surface area contributed by atoms with Gasteiger partial charge >= 0.3 is 0 Å². The van der Waals surface area contributed by atoms with Gasteiger partial charge in [0, 0.05) is 23.9 Å². The second-order valence-electron chi connectivity index (χ2n) is 4.84. The van der Waals surface area contributed by atoms with Crippen molar-refractivity contribution in [2.24, 2.45) is 0 Å². The molecule has 21 heavy (non-hydrogen) atoms. The van der Waals surface area contributed by atoms with E-state index >= 15 is 0 Å². The third kappa shape index (κ3) is 2.49. The molecule has 3 rings (SSSR count). The molecule has 0 saturated carbocycles. The van der Waals surface area contributed by atoms with Gasteiger partial charge in [0.05, 0.1) is 17.8 Å². The molecule has 0 spiro atoms. The van der Waals surface area contributed by atoms with Crippen molar-refractivity contribution in [2.45, 2.75) is 26.4 Å². The molecule has 1 aromatic carbocycles. The fraction of sp³-hybridized carbons (Fsp3) is 0.286. The Morgan fingerprint density at radius 1 is 1.48 bits per heavy atom. The molecular formula is C14H16N6O. The van der Waals surface area contributed by atoms with Crippen LogP contribution in [0.2, 0.25) is 0 Å². The molecule has 1 amide bonds. The topological polar surface area (TPSA) is 88.5 Å². The van der Waals surface area contributed by atoms with Crippen molar-refractivity contribution in [3.05, 3.63) is 41.7 Å². The lowest BCUT2D eigenvalue weighted by Gasteiger charge is -2.11. The van der Waals surface area contributed by atoms with Crippen LogP contribution in [0.5, 0.6) is 0 Å². The van der Waals surface area contributed by atoms with Crippen molar-refractivity contribution < 1.29 is 4.79 Å². The van der Waals surface area contributed by atoms with Gasteiger partial charge < -0.3 is 5.32 Å². The summed E-state index contributed by atoms with van der Waals surface area (Å²) in [5.74, 6) is -0.142. The summed E-state index contributed by atoms with van der Waals surface area (Å²) in [5, 5.41) is 17.7. The van der Waals surface area contributed by atoms with Gasteiger partial charge in [-0.15, -0.1) is 5.10 Å². The molecule has 108 valence electrons. The molecule has 7 nitrogen and oxygen atoms in total. The number of nitrogens with zero attached hydrogens (tertiary/aromatic N) is 4. The van der Waals surface area contributed by atoms with E-state index in [1.807, 2.05) is 19.9 Å². The molecule has 2 heterocycles. The molecule has 2 N–H and O–H groups in total. The van der Waals surface area contributed by atoms with Crippen molar-refractivity contribution in [1.29, 1.82) is 0 Å². The van der Waals surface area contributed by atoms with Gasteiger partial charge in [-0.1, -0.05) is 5.21 Å². The van der Waals surface area contributed by atoms with Crippen LogP contribution >= 0.6 is 0 Å². The summed E-state index contributed by atoms with van der Waals surface area (Å²) >= 11 is 0. The first-order valence-electron chi connectivity index (χ1n) is 6.82. The maximum atomic E-state index is 12.3. The van der Waals surface area contributed by atoms with Crippen LogP contribution in [0.15, 0.2) is 30.6 Å². The SMILES string of the molecule is CCn1nnc2cc(C(=O)NC(C)c3cn[nH]c3)ccc21. The van der Waals surface area contributed by atoms with E-state index in [0.29, 0.717) is 5.56 Å². The standard InChI is InChI=1S/C14H16N6O/c1-3-20-13-5-4-10(6-12(13)18-19-20)14(21)17-9(2)11-7-15-16-8-11/h4-9H,3H2,1-2H3,(H,15,16)(H,17,21). The lowest BCUT2D eigenvalue weighted by molar-refractivity contribution is 0.0940. The fourth-order valence-corrected chi connectivity index (χ4v) is 2.21. The van der Waals surface area contributed by atoms with Gasteiger partial charge in [-0.25, -0.2) is 4.68 Å². The fourth-order valence-electron chi connectivity index (χ4n) is 2.21. The number of nitrogens with one attached hydrogen (secondary N) is 2. The third-order valence-electron chi connectivity index (χ3n) is 3.44. The molecule has 3 aromatic rings. The first-order valence-corrected chi connectivity index (χ1v) is 6.82. The summed E-state index contributed by atoms with van der Waals surface area (Å²) in [5.41, 5.74) is 3.15. The lowest BCUT2D eigenvalue weighted by Crippen LogP contribution is -2.26. The highest BCUT2D eigenvalue weighted by Gasteiger charge is 2.13. The zero-order chi connectivity index (χ0) is 14.8. The largest absolute Gasteiger partial charge is 0.345 e. The minimum atomic E-state index is -0.142. The van der Waals surface area contributed by atoms with E-state index in [4.69, 9.17) is 0 Å². The van der Waals surface area contributed by atoms with Crippen molar-refractivity contribution in [1.82, 2.24) is 30.5 Å². The van der Waals surface area contributed by atoms with Crippen LogP contribution in [-0.2, 0) is 6.54 Å². The van der Waals surface area contributed by atoms with Crippen LogP contribution in [0, 0.1) is 0 Å². The van der Waals surface area contributed by atoms with E-state index in [-0.39, 0.29) is 11.9 Å². The summed E-state index contributed by atoms with van der Waals surface area (Å²) in [6, 6.07) is 5.30. The van der Waals surface area contributed by atoms with Gasteiger partial charge in [0.25, 0.3) is 5.91 Å². The summed E-state index contributed by atoms with van der Waals surface area (Å²) < 4.78 is 1.80. The number of rotatable bonds is 4. The van der Waals surface area contributed by atoms with Crippen molar-refractivity contribution in [3.63, 3.8) is 0 Å². The van der Waals surface area contributed by atoms with E-state index in [0.717, 1.165) is 23.1 Å². The molecule has 0 radical (unpaired) electrons. The molecule has 0 aliphatic carbocycles. The molecule has 0 fully saturated rings. The van der Waals surface area contributed by atoms with Gasteiger partial charge in [0.2, 0.25) is 0 Å². The summed E-state index contributed by atoms with van der Waals surface area (Å²) in [6.45, 7) is 4.66. The summed E-state index contributed by atoms with van der Waals surface area (Å²) in [4.78, 5) is 12.3. The minimum Gasteiger partial charge on any atom is -0.345 e. The number of amides is 1. The predicted octanol–water partition coefficient (Wildman–Crippen LogP) is 1.67. The highest BCUT2D eigenvalue weighted by atomic mass is 16.1. The Labute approximate surface area is 121 Å². The summed E-state index contributed by atoms with van der Waals surface area (Å²) in [7, 11) is 0. The van der Waals surface area contributed by atoms with Crippen LogP contribution in [0.3, 0.4) is 0 Å². The molecule has 1 unspecified atom stereocenters. The Kier molecular flexibility index (Phi) is 3.39. The van der Waals surface area contributed by atoms with Crippen molar-refractivity contribution in [2.75, 3.05) is 0 Å². The molecule has 7 heteroatoms. The third-order valence-corrected chi connectivity index (χ3v) is 3.44. The second kappa shape index (κ2) is 5.35. The number of fused-ring (bicyclic) bond motifs is 1. The second-order valence-corrected chi connectivity index (χ2v) is 4.84. The van der Waals surface area contributed by atoms with Crippen LogP contribution in [0.25, 0.3) is 11.0 Å². The maximum Gasteiger partial charge on any atom is 0.251 e. The van der Waals surface area contributed by atoms with E-state index in [9.17, 15) is 4.79 Å². The average Bonchev–Trinajstić information content (AvgIpc) is 3.15. The van der Waals surface area contributed by atoms with E-state index < -0.39 is 0 Å². The predicted molar refractivity (Wildman–Crippen MR) is 77.7 cm³/mol. The quantitative estimate of drug-likeness (QED) is 0.762. The number of carbonyl (C=O) groups is 1. The van der Waals surface area contributed by atoms with E-state index in [1.54, 1.807) is 29.2 Å². The Bertz CT molecular complexity index is 761. The number of aryl methyl sites for hydroxylation is 1. The highest BCUT2D eigenvalue weighted by Crippen LogP contribution is 2.15. The smallest absolute Gasteiger partial charge is 0.251 e. The van der Waals surface area contributed by atoms with Gasteiger partial charge in [-0.3, -0.25) is 9.89 Å². The molecule has 2 aromatic heterocycles. The number of hydrogen-bond donors (Lipinski definition) is 2. The normalized spacial score (nSPS) is 12.5. The lowest BCUT2D eigenvalue weighted by atomic mass is 10.1. The van der Waals surface area contributed by atoms with Gasteiger partial charge in [-0.05, 0) is 32.0 Å². The molecule has 0 saturated heterocycles. The van der Waals surface area contributed by atoms with Crippen LogP contribution in [0.1, 0.15) is 35.8 Å². The Morgan fingerprint density at radius 2 is 2.33 bits per heavy atom. The molecular weight excluding hydrogens is 268 g/mol. The number of benzene rings is 1. The van der Waals surface area contributed by atoms with Crippen LogP contribution < -0.4 is 5.32 Å². The van der Waals surface area contributed by atoms with Gasteiger partial charge in [-0.2, -0.15) is 5.10 Å². The molecule has 0 aliphatic heterocycles. The highest BCUT2D eigenvalue weighted by molar-refractivity contribution is 5.97.